The lowest BCUT2D eigenvalue weighted by atomic mass is 10.3. The van der Waals surface area contributed by atoms with E-state index in [-0.39, 0.29) is 11.7 Å². The molecule has 2 aromatic heterocycles. The Morgan fingerprint density at radius 2 is 2.04 bits per heavy atom. The summed E-state index contributed by atoms with van der Waals surface area (Å²) in [6, 6.07) is 8.61. The molecule has 1 aliphatic heterocycles. The minimum Gasteiger partial charge on any atom is -0.378 e. The van der Waals surface area contributed by atoms with Crippen LogP contribution in [0.4, 0.5) is 15.9 Å². The van der Waals surface area contributed by atoms with E-state index in [4.69, 9.17) is 4.74 Å². The fourth-order valence-electron chi connectivity index (χ4n) is 3.18. The van der Waals surface area contributed by atoms with Gasteiger partial charge in [-0.3, -0.25) is 4.79 Å². The topological polar surface area (TPSA) is 58.9 Å². The van der Waals surface area contributed by atoms with E-state index in [1.807, 2.05) is 23.5 Å². The van der Waals surface area contributed by atoms with Crippen molar-refractivity contribution in [2.24, 2.45) is 0 Å². The number of carbonyl (C=O) groups is 1. The number of nitrogens with one attached hydrogen (secondary N) is 1. The van der Waals surface area contributed by atoms with Crippen LogP contribution in [0.2, 0.25) is 0 Å². The quantitative estimate of drug-likeness (QED) is 0.684. The SMILES string of the molecule is Cc1ccc2c(Nc3ccc(Br)c(F)c3)ncc(C(=O)N3CCOCC3)n12. The third-order valence-electron chi connectivity index (χ3n) is 4.58. The van der Waals surface area contributed by atoms with Crippen LogP contribution in [-0.2, 0) is 4.74 Å². The van der Waals surface area contributed by atoms with Gasteiger partial charge in [-0.25, -0.2) is 9.37 Å². The van der Waals surface area contributed by atoms with Gasteiger partial charge in [0.2, 0.25) is 0 Å². The zero-order chi connectivity index (χ0) is 19.0. The van der Waals surface area contributed by atoms with E-state index in [2.05, 4.69) is 26.2 Å². The van der Waals surface area contributed by atoms with Crippen LogP contribution in [0, 0.1) is 12.7 Å². The third-order valence-corrected chi connectivity index (χ3v) is 5.22. The molecule has 1 aromatic carbocycles. The van der Waals surface area contributed by atoms with Crippen molar-refractivity contribution >= 4 is 38.9 Å². The fraction of sp³-hybridized carbons (Fsp3) is 0.263. The second kappa shape index (κ2) is 7.28. The molecular weight excluding hydrogens is 415 g/mol. The molecule has 0 radical (unpaired) electrons. The molecule has 1 N–H and O–H groups in total. The number of aromatic nitrogens is 2. The number of amides is 1. The number of aryl methyl sites for hydroxylation is 1. The van der Waals surface area contributed by atoms with Crippen LogP contribution in [0.15, 0.2) is 41.0 Å². The molecule has 1 fully saturated rings. The zero-order valence-electron chi connectivity index (χ0n) is 14.7. The lowest BCUT2D eigenvalue weighted by Gasteiger charge is -2.27. The van der Waals surface area contributed by atoms with Crippen LogP contribution in [0.25, 0.3) is 5.52 Å². The predicted molar refractivity (Wildman–Crippen MR) is 104 cm³/mol. The number of hydrogen-bond acceptors (Lipinski definition) is 4. The molecular formula is C19H18BrFN4O2. The van der Waals surface area contributed by atoms with Gasteiger partial charge in [0.25, 0.3) is 5.91 Å². The Morgan fingerprint density at radius 1 is 1.26 bits per heavy atom. The molecule has 3 aromatic rings. The Balaban J connectivity index is 1.72. The van der Waals surface area contributed by atoms with Crippen LogP contribution in [0.3, 0.4) is 0 Å². The molecule has 140 valence electrons. The maximum absolute atomic E-state index is 13.8. The number of benzene rings is 1. The van der Waals surface area contributed by atoms with Gasteiger partial charge in [-0.2, -0.15) is 0 Å². The van der Waals surface area contributed by atoms with Crippen LogP contribution >= 0.6 is 15.9 Å². The van der Waals surface area contributed by atoms with Crippen molar-refractivity contribution in [3.05, 3.63) is 58.2 Å². The first-order valence-electron chi connectivity index (χ1n) is 8.61. The standard InChI is InChI=1S/C19H18BrFN4O2/c1-12-2-5-16-18(23-13-3-4-14(20)15(21)10-13)22-11-17(25(12)16)19(26)24-6-8-27-9-7-24/h2-5,10-11H,6-9H2,1H3,(H,22,23). The Labute approximate surface area is 164 Å². The molecule has 0 aliphatic carbocycles. The molecule has 27 heavy (non-hydrogen) atoms. The number of anilines is 2. The second-order valence-electron chi connectivity index (χ2n) is 6.35. The maximum Gasteiger partial charge on any atom is 0.272 e. The highest BCUT2D eigenvalue weighted by Gasteiger charge is 2.22. The highest BCUT2D eigenvalue weighted by atomic mass is 79.9. The lowest BCUT2D eigenvalue weighted by molar-refractivity contribution is 0.0297. The van der Waals surface area contributed by atoms with E-state index in [0.717, 1.165) is 11.2 Å². The highest BCUT2D eigenvalue weighted by molar-refractivity contribution is 9.10. The largest absolute Gasteiger partial charge is 0.378 e. The van der Waals surface area contributed by atoms with Crippen LogP contribution in [-0.4, -0.2) is 46.5 Å². The molecule has 6 nitrogen and oxygen atoms in total. The van der Waals surface area contributed by atoms with Gasteiger partial charge in [0.05, 0.1) is 29.4 Å². The van der Waals surface area contributed by atoms with Gasteiger partial charge in [0, 0.05) is 24.5 Å². The first-order valence-corrected chi connectivity index (χ1v) is 9.40. The number of morpholine rings is 1. The van der Waals surface area contributed by atoms with Crippen molar-refractivity contribution in [1.29, 1.82) is 0 Å². The van der Waals surface area contributed by atoms with Crippen molar-refractivity contribution in [2.75, 3.05) is 31.6 Å². The highest BCUT2D eigenvalue weighted by Crippen LogP contribution is 2.26. The Kier molecular flexibility index (Phi) is 4.84. The summed E-state index contributed by atoms with van der Waals surface area (Å²) in [4.78, 5) is 19.2. The summed E-state index contributed by atoms with van der Waals surface area (Å²) in [6.45, 7) is 4.16. The van der Waals surface area contributed by atoms with Crippen molar-refractivity contribution in [3.8, 4) is 0 Å². The number of carbonyl (C=O) groups excluding carboxylic acids is 1. The second-order valence-corrected chi connectivity index (χ2v) is 7.20. The fourth-order valence-corrected chi connectivity index (χ4v) is 3.43. The average Bonchev–Trinajstić information content (AvgIpc) is 3.08. The van der Waals surface area contributed by atoms with E-state index in [9.17, 15) is 9.18 Å². The average molecular weight is 433 g/mol. The van der Waals surface area contributed by atoms with E-state index < -0.39 is 0 Å². The van der Waals surface area contributed by atoms with Crippen LogP contribution in [0.5, 0.6) is 0 Å². The molecule has 0 bridgehead atoms. The summed E-state index contributed by atoms with van der Waals surface area (Å²) < 4.78 is 21.4. The molecule has 0 saturated carbocycles. The normalized spacial score (nSPS) is 14.6. The van der Waals surface area contributed by atoms with Gasteiger partial charge in [-0.15, -0.1) is 0 Å². The number of hydrogen-bond donors (Lipinski definition) is 1. The van der Waals surface area contributed by atoms with Crippen molar-refractivity contribution in [1.82, 2.24) is 14.3 Å². The number of nitrogens with zero attached hydrogens (tertiary/aromatic N) is 3. The van der Waals surface area contributed by atoms with E-state index >= 15 is 0 Å². The van der Waals surface area contributed by atoms with Crippen LogP contribution in [0.1, 0.15) is 16.2 Å². The number of ether oxygens (including phenoxy) is 1. The van der Waals surface area contributed by atoms with Gasteiger partial charge >= 0.3 is 0 Å². The number of rotatable bonds is 3. The lowest BCUT2D eigenvalue weighted by Crippen LogP contribution is -2.41. The summed E-state index contributed by atoms with van der Waals surface area (Å²) >= 11 is 3.15. The maximum atomic E-state index is 13.8. The first-order chi connectivity index (χ1) is 13.0. The summed E-state index contributed by atoms with van der Waals surface area (Å²) in [7, 11) is 0. The van der Waals surface area contributed by atoms with E-state index in [0.29, 0.717) is 48.0 Å². The molecule has 0 unspecified atom stereocenters. The minimum absolute atomic E-state index is 0.0728. The Bertz CT molecular complexity index is 1010. The van der Waals surface area contributed by atoms with Gasteiger partial charge in [0.15, 0.2) is 5.82 Å². The minimum atomic E-state index is -0.360. The van der Waals surface area contributed by atoms with Gasteiger partial charge < -0.3 is 19.4 Å². The third kappa shape index (κ3) is 3.42. The summed E-state index contributed by atoms with van der Waals surface area (Å²) in [5.74, 6) is 0.126. The van der Waals surface area contributed by atoms with Crippen molar-refractivity contribution in [2.45, 2.75) is 6.92 Å². The smallest absolute Gasteiger partial charge is 0.272 e. The molecule has 1 aliphatic rings. The Hall–Kier alpha value is -2.45. The molecule has 1 amide bonds. The van der Waals surface area contributed by atoms with Crippen molar-refractivity contribution in [3.63, 3.8) is 0 Å². The van der Waals surface area contributed by atoms with Crippen LogP contribution < -0.4 is 5.32 Å². The van der Waals surface area contributed by atoms with Gasteiger partial charge in [-0.05, 0) is 53.2 Å². The first kappa shape index (κ1) is 17.9. The summed E-state index contributed by atoms with van der Waals surface area (Å²) in [6.07, 6.45) is 1.56. The number of fused-ring (bicyclic) bond motifs is 1. The summed E-state index contributed by atoms with van der Waals surface area (Å²) in [5.41, 5.74) is 2.77. The summed E-state index contributed by atoms with van der Waals surface area (Å²) in [5, 5.41) is 3.14. The molecule has 8 heteroatoms. The molecule has 0 atom stereocenters. The molecule has 4 rings (SSSR count). The van der Waals surface area contributed by atoms with E-state index in [1.165, 1.54) is 6.07 Å². The Morgan fingerprint density at radius 3 is 2.78 bits per heavy atom. The van der Waals surface area contributed by atoms with Crippen molar-refractivity contribution < 1.29 is 13.9 Å². The van der Waals surface area contributed by atoms with E-state index in [1.54, 1.807) is 23.2 Å². The predicted octanol–water partition coefficient (Wildman–Crippen LogP) is 3.76. The molecule has 0 spiro atoms. The molecule has 1 saturated heterocycles. The van der Waals surface area contributed by atoms with Gasteiger partial charge in [0.1, 0.15) is 11.5 Å². The van der Waals surface area contributed by atoms with Gasteiger partial charge in [-0.1, -0.05) is 0 Å². The monoisotopic (exact) mass is 432 g/mol. The number of halogens is 2. The zero-order valence-corrected chi connectivity index (χ0v) is 16.3. The molecule has 3 heterocycles.